The third-order valence-corrected chi connectivity index (χ3v) is 6.04. The van der Waals surface area contributed by atoms with Crippen molar-refractivity contribution in [3.63, 3.8) is 0 Å². The summed E-state index contributed by atoms with van der Waals surface area (Å²) in [5.41, 5.74) is 2.43. The third kappa shape index (κ3) is 6.06. The second kappa shape index (κ2) is 11.5. The number of hydrogen-bond donors (Lipinski definition) is 3. The lowest BCUT2D eigenvalue weighted by molar-refractivity contribution is -0.119. The van der Waals surface area contributed by atoms with Crippen LogP contribution in [0.25, 0.3) is 11.0 Å². The molecule has 0 saturated carbocycles. The maximum atomic E-state index is 13.2. The summed E-state index contributed by atoms with van der Waals surface area (Å²) in [4.78, 5) is 21.6. The molecule has 0 spiro atoms. The fourth-order valence-electron chi connectivity index (χ4n) is 3.34. The molecule has 10 nitrogen and oxygen atoms in total. The summed E-state index contributed by atoms with van der Waals surface area (Å²) in [6, 6.07) is 19.4. The third-order valence-electron chi connectivity index (χ3n) is 4.98. The van der Waals surface area contributed by atoms with Crippen molar-refractivity contribution in [2.24, 2.45) is 0 Å². The fraction of sp³-hybridized carbons (Fsp3) is 0.160. The highest BCUT2D eigenvalue weighted by Crippen LogP contribution is 2.31. The minimum atomic E-state index is -1.71. The van der Waals surface area contributed by atoms with Crippen LogP contribution in [-0.2, 0) is 20.5 Å². The van der Waals surface area contributed by atoms with Crippen molar-refractivity contribution in [1.82, 2.24) is 9.97 Å². The van der Waals surface area contributed by atoms with Gasteiger partial charge in [0.2, 0.25) is 5.91 Å². The zero-order valence-electron chi connectivity index (χ0n) is 19.9. The zero-order chi connectivity index (χ0) is 25.5. The zero-order valence-corrected chi connectivity index (χ0v) is 20.7. The molecule has 3 N–H and O–H groups in total. The van der Waals surface area contributed by atoms with E-state index in [1.165, 1.54) is 7.11 Å². The molecule has 186 valence electrons. The minimum Gasteiger partial charge on any atom is -0.497 e. The van der Waals surface area contributed by atoms with Gasteiger partial charge in [0, 0.05) is 36.7 Å². The number of amides is 1. The standard InChI is InChI=1S/C25H25N5O5S/c1-33-15-23(31)26-16-7-6-8-20(13-16)36(32)30-25-24(28-21-9-4-5-10-22(21)29-25)27-17-11-18(34-2)14-19(12-17)35-3/h4-14H,15H2,1-3H3,(H,26,31)(H,27,28)(H,29,30). The molecule has 1 amide bonds. The molecule has 4 rings (SSSR count). The first-order valence-corrected chi connectivity index (χ1v) is 12.0. The van der Waals surface area contributed by atoms with Crippen molar-refractivity contribution in [3.05, 3.63) is 66.7 Å². The molecule has 0 saturated heterocycles. The Kier molecular flexibility index (Phi) is 7.93. The van der Waals surface area contributed by atoms with E-state index in [0.717, 1.165) is 0 Å². The molecule has 1 atom stereocenters. The summed E-state index contributed by atoms with van der Waals surface area (Å²) >= 11 is 0. The highest BCUT2D eigenvalue weighted by Gasteiger charge is 2.15. The van der Waals surface area contributed by atoms with E-state index in [-0.39, 0.29) is 18.3 Å². The topological polar surface area (TPSA) is 124 Å². The number of hydrogen-bond acceptors (Lipinski definition) is 8. The lowest BCUT2D eigenvalue weighted by Gasteiger charge is -2.15. The minimum absolute atomic E-state index is 0.0810. The van der Waals surface area contributed by atoms with Crippen molar-refractivity contribution < 1.29 is 23.2 Å². The van der Waals surface area contributed by atoms with Gasteiger partial charge in [-0.2, -0.15) is 0 Å². The molecule has 0 bridgehead atoms. The van der Waals surface area contributed by atoms with Crippen LogP contribution in [-0.4, -0.2) is 48.0 Å². The quantitative estimate of drug-likeness (QED) is 0.293. The molecule has 1 heterocycles. The van der Waals surface area contributed by atoms with Crippen LogP contribution in [0.4, 0.5) is 23.0 Å². The fourth-order valence-corrected chi connectivity index (χ4v) is 4.21. The lowest BCUT2D eigenvalue weighted by atomic mass is 10.2. The van der Waals surface area contributed by atoms with E-state index in [4.69, 9.17) is 14.2 Å². The van der Waals surface area contributed by atoms with Gasteiger partial charge in [-0.25, -0.2) is 14.2 Å². The number of benzene rings is 3. The van der Waals surface area contributed by atoms with Gasteiger partial charge in [-0.1, -0.05) is 18.2 Å². The van der Waals surface area contributed by atoms with Gasteiger partial charge in [-0.3, -0.25) is 9.52 Å². The van der Waals surface area contributed by atoms with Crippen LogP contribution in [0.2, 0.25) is 0 Å². The molecule has 0 aliphatic heterocycles. The van der Waals surface area contributed by atoms with Crippen molar-refractivity contribution in [1.29, 1.82) is 0 Å². The normalized spacial score (nSPS) is 11.5. The van der Waals surface area contributed by atoms with E-state index in [1.54, 1.807) is 56.7 Å². The molecular weight excluding hydrogens is 482 g/mol. The summed E-state index contributed by atoms with van der Waals surface area (Å²) in [6.07, 6.45) is 0. The number of carbonyl (C=O) groups excluding carboxylic acids is 1. The molecule has 0 aliphatic rings. The molecule has 0 aliphatic carbocycles. The Bertz CT molecular complexity index is 1390. The van der Waals surface area contributed by atoms with Crippen LogP contribution >= 0.6 is 0 Å². The number of rotatable bonds is 10. The first-order chi connectivity index (χ1) is 17.5. The monoisotopic (exact) mass is 507 g/mol. The van der Waals surface area contributed by atoms with Crippen LogP contribution in [0, 0.1) is 0 Å². The largest absolute Gasteiger partial charge is 0.497 e. The maximum absolute atomic E-state index is 13.2. The first-order valence-electron chi connectivity index (χ1n) is 10.8. The first kappa shape index (κ1) is 24.9. The Morgan fingerprint density at radius 3 is 2.14 bits per heavy atom. The molecule has 1 aromatic heterocycles. The van der Waals surface area contributed by atoms with Gasteiger partial charge in [-0.15, -0.1) is 0 Å². The van der Waals surface area contributed by atoms with Gasteiger partial charge in [0.1, 0.15) is 18.1 Å². The van der Waals surface area contributed by atoms with Crippen LogP contribution in [0.5, 0.6) is 11.5 Å². The number of carbonyl (C=O) groups is 1. The summed E-state index contributed by atoms with van der Waals surface area (Å²) in [7, 11) is 2.86. The van der Waals surface area contributed by atoms with Gasteiger partial charge >= 0.3 is 0 Å². The van der Waals surface area contributed by atoms with Gasteiger partial charge in [0.15, 0.2) is 22.6 Å². The van der Waals surface area contributed by atoms with E-state index in [2.05, 4.69) is 25.3 Å². The second-order valence-corrected chi connectivity index (χ2v) is 8.73. The Hall–Kier alpha value is -4.22. The summed E-state index contributed by atoms with van der Waals surface area (Å²) in [5.74, 6) is 1.52. The molecule has 1 unspecified atom stereocenters. The van der Waals surface area contributed by atoms with Crippen molar-refractivity contribution in [2.75, 3.05) is 43.3 Å². The van der Waals surface area contributed by atoms with Gasteiger partial charge in [0.05, 0.1) is 30.1 Å². The van der Waals surface area contributed by atoms with E-state index in [1.807, 2.05) is 24.3 Å². The average molecular weight is 508 g/mol. The van der Waals surface area contributed by atoms with Crippen LogP contribution in [0.1, 0.15) is 0 Å². The van der Waals surface area contributed by atoms with Crippen LogP contribution < -0.4 is 24.8 Å². The molecule has 0 fully saturated rings. The Balaban J connectivity index is 1.66. The van der Waals surface area contributed by atoms with E-state index >= 15 is 0 Å². The summed E-state index contributed by atoms with van der Waals surface area (Å²) in [6.45, 7) is -0.0810. The van der Waals surface area contributed by atoms with Crippen LogP contribution in [0.15, 0.2) is 71.6 Å². The Morgan fingerprint density at radius 2 is 1.50 bits per heavy atom. The van der Waals surface area contributed by atoms with Crippen LogP contribution in [0.3, 0.4) is 0 Å². The predicted molar refractivity (Wildman–Crippen MR) is 139 cm³/mol. The lowest BCUT2D eigenvalue weighted by Crippen LogP contribution is -2.17. The Morgan fingerprint density at radius 1 is 0.833 bits per heavy atom. The average Bonchev–Trinajstić information content (AvgIpc) is 2.89. The summed E-state index contributed by atoms with van der Waals surface area (Å²) in [5, 5.41) is 5.92. The van der Waals surface area contributed by atoms with Gasteiger partial charge < -0.3 is 24.8 Å². The van der Waals surface area contributed by atoms with E-state index in [9.17, 15) is 9.00 Å². The molecule has 11 heteroatoms. The van der Waals surface area contributed by atoms with Crippen molar-refractivity contribution >= 4 is 50.9 Å². The molecule has 36 heavy (non-hydrogen) atoms. The number of ether oxygens (including phenoxy) is 3. The number of methoxy groups -OCH3 is 3. The molecule has 3 aromatic carbocycles. The number of nitrogens with one attached hydrogen (secondary N) is 3. The molecule has 0 radical (unpaired) electrons. The molecule has 4 aromatic rings. The number of aromatic nitrogens is 2. The highest BCUT2D eigenvalue weighted by molar-refractivity contribution is 7.86. The smallest absolute Gasteiger partial charge is 0.250 e. The number of anilines is 4. The maximum Gasteiger partial charge on any atom is 0.250 e. The summed E-state index contributed by atoms with van der Waals surface area (Å²) < 4.78 is 31.7. The van der Waals surface area contributed by atoms with Crippen molar-refractivity contribution in [3.8, 4) is 11.5 Å². The van der Waals surface area contributed by atoms with E-state index in [0.29, 0.717) is 44.6 Å². The number of para-hydroxylation sites is 2. The number of nitrogens with zero attached hydrogens (tertiary/aromatic N) is 2. The van der Waals surface area contributed by atoms with Gasteiger partial charge in [0.25, 0.3) is 0 Å². The van der Waals surface area contributed by atoms with E-state index < -0.39 is 11.0 Å². The van der Waals surface area contributed by atoms with Gasteiger partial charge in [-0.05, 0) is 30.3 Å². The predicted octanol–water partition coefficient (Wildman–Crippen LogP) is 4.11. The number of fused-ring (bicyclic) bond motifs is 1. The highest BCUT2D eigenvalue weighted by atomic mass is 32.2. The SMILES string of the molecule is COCC(=O)Nc1cccc(S(=O)Nc2nc3ccccc3nc2Nc2cc(OC)cc(OC)c2)c1. The molecular formula is C25H25N5O5S. The second-order valence-electron chi connectivity index (χ2n) is 7.52. The van der Waals surface area contributed by atoms with Crippen molar-refractivity contribution in [2.45, 2.75) is 4.90 Å². The Labute approximate surface area is 210 Å².